The van der Waals surface area contributed by atoms with Crippen LogP contribution in [0.3, 0.4) is 0 Å². The molecule has 1 rings (SSSR count). The highest BCUT2D eigenvalue weighted by Gasteiger charge is 1.91. The minimum absolute atomic E-state index is 1.06. The van der Waals surface area contributed by atoms with Crippen molar-refractivity contribution in [1.82, 2.24) is 4.98 Å². The standard InChI is InChI=1S/C11H11N.2C2H6/c1-3-5-6-11-9-12-8-7-10(11)4-2;2*1-2/h3-9H,1-2H2;2*1-2H3/b6-5-;;. The molecule has 0 atom stereocenters. The lowest BCUT2D eigenvalue weighted by Gasteiger charge is -1.96. The second-order valence-corrected chi connectivity index (χ2v) is 2.30. The van der Waals surface area contributed by atoms with Crippen molar-refractivity contribution in [1.29, 1.82) is 0 Å². The van der Waals surface area contributed by atoms with E-state index < -0.39 is 0 Å². The fourth-order valence-electron chi connectivity index (χ4n) is 0.914. The Bertz CT molecular complexity index is 311. The van der Waals surface area contributed by atoms with Crippen LogP contribution in [0.4, 0.5) is 0 Å². The Kier molecular flexibility index (Phi) is 14.0. The molecular formula is C15H23N. The van der Waals surface area contributed by atoms with Crippen molar-refractivity contribution in [3.8, 4) is 0 Å². The lowest BCUT2D eigenvalue weighted by atomic mass is 10.1. The summed E-state index contributed by atoms with van der Waals surface area (Å²) in [6.07, 6.45) is 10.9. The SMILES string of the molecule is C=C/C=C\c1cnccc1C=C.CC.CC. The van der Waals surface area contributed by atoms with E-state index >= 15 is 0 Å². The van der Waals surface area contributed by atoms with Crippen molar-refractivity contribution < 1.29 is 0 Å². The van der Waals surface area contributed by atoms with Crippen LogP contribution in [0.5, 0.6) is 0 Å². The van der Waals surface area contributed by atoms with E-state index in [2.05, 4.69) is 18.1 Å². The van der Waals surface area contributed by atoms with Crippen LogP contribution in [-0.4, -0.2) is 4.98 Å². The Morgan fingerprint density at radius 2 is 1.69 bits per heavy atom. The van der Waals surface area contributed by atoms with E-state index in [0.29, 0.717) is 0 Å². The minimum Gasteiger partial charge on any atom is -0.264 e. The molecule has 0 fully saturated rings. The number of allylic oxidation sites excluding steroid dienone is 2. The molecule has 0 bridgehead atoms. The summed E-state index contributed by atoms with van der Waals surface area (Å²) in [6.45, 7) is 15.3. The first kappa shape index (κ1) is 16.8. The number of nitrogens with zero attached hydrogens (tertiary/aromatic N) is 1. The van der Waals surface area contributed by atoms with E-state index in [1.165, 1.54) is 0 Å². The van der Waals surface area contributed by atoms with E-state index in [1.807, 2.05) is 52.0 Å². The predicted octanol–water partition coefficient (Wildman–Crippen LogP) is 4.98. The zero-order valence-corrected chi connectivity index (χ0v) is 10.9. The van der Waals surface area contributed by atoms with Gasteiger partial charge in [-0.05, 0) is 17.2 Å². The number of pyridine rings is 1. The van der Waals surface area contributed by atoms with Crippen LogP contribution < -0.4 is 0 Å². The quantitative estimate of drug-likeness (QED) is 0.651. The molecule has 0 unspecified atom stereocenters. The molecule has 0 saturated heterocycles. The fraction of sp³-hybridized carbons (Fsp3) is 0.267. The van der Waals surface area contributed by atoms with Crippen LogP contribution >= 0.6 is 0 Å². The molecule has 16 heavy (non-hydrogen) atoms. The van der Waals surface area contributed by atoms with Crippen LogP contribution in [0, 0.1) is 0 Å². The van der Waals surface area contributed by atoms with E-state index in [-0.39, 0.29) is 0 Å². The maximum Gasteiger partial charge on any atom is 0.0346 e. The summed E-state index contributed by atoms with van der Waals surface area (Å²) in [4.78, 5) is 4.01. The van der Waals surface area contributed by atoms with Crippen molar-refractivity contribution >= 4 is 12.2 Å². The summed E-state index contributed by atoms with van der Waals surface area (Å²) in [5, 5.41) is 0. The number of rotatable bonds is 3. The molecule has 88 valence electrons. The molecule has 0 spiro atoms. The first-order valence-electron chi connectivity index (χ1n) is 5.74. The molecule has 0 aliphatic carbocycles. The largest absolute Gasteiger partial charge is 0.264 e. The summed E-state index contributed by atoms with van der Waals surface area (Å²) < 4.78 is 0. The van der Waals surface area contributed by atoms with Gasteiger partial charge in [0.2, 0.25) is 0 Å². The molecule has 0 radical (unpaired) electrons. The van der Waals surface area contributed by atoms with Crippen LogP contribution in [0.2, 0.25) is 0 Å². The van der Waals surface area contributed by atoms with Gasteiger partial charge in [-0.3, -0.25) is 4.98 Å². The fourth-order valence-corrected chi connectivity index (χ4v) is 0.914. The van der Waals surface area contributed by atoms with Crippen LogP contribution in [0.15, 0.2) is 43.8 Å². The van der Waals surface area contributed by atoms with Gasteiger partial charge < -0.3 is 0 Å². The third-order valence-electron chi connectivity index (χ3n) is 1.52. The highest BCUT2D eigenvalue weighted by Crippen LogP contribution is 2.09. The molecule has 1 nitrogen and oxygen atoms in total. The summed E-state index contributed by atoms with van der Waals surface area (Å²) in [5.74, 6) is 0. The second kappa shape index (κ2) is 13.4. The van der Waals surface area contributed by atoms with Gasteiger partial charge in [-0.2, -0.15) is 0 Å². The zero-order valence-electron chi connectivity index (χ0n) is 10.9. The molecule has 1 heterocycles. The molecule has 1 aromatic heterocycles. The van der Waals surface area contributed by atoms with Gasteiger partial charge in [0, 0.05) is 12.4 Å². The molecule has 1 heteroatoms. The predicted molar refractivity (Wildman–Crippen MR) is 76.3 cm³/mol. The Labute approximate surface area is 100 Å². The lowest BCUT2D eigenvalue weighted by Crippen LogP contribution is -1.80. The molecular weight excluding hydrogens is 194 g/mol. The van der Waals surface area contributed by atoms with Crippen molar-refractivity contribution in [3.63, 3.8) is 0 Å². The van der Waals surface area contributed by atoms with Gasteiger partial charge in [-0.15, -0.1) is 0 Å². The molecule has 0 aliphatic heterocycles. The topological polar surface area (TPSA) is 12.9 Å². The summed E-state index contributed by atoms with van der Waals surface area (Å²) >= 11 is 0. The molecule has 1 aromatic rings. The van der Waals surface area contributed by atoms with E-state index in [0.717, 1.165) is 11.1 Å². The van der Waals surface area contributed by atoms with E-state index in [4.69, 9.17) is 0 Å². The van der Waals surface area contributed by atoms with Gasteiger partial charge in [-0.1, -0.05) is 65.2 Å². The van der Waals surface area contributed by atoms with E-state index in [1.54, 1.807) is 18.5 Å². The third-order valence-corrected chi connectivity index (χ3v) is 1.52. The maximum atomic E-state index is 4.01. The van der Waals surface area contributed by atoms with Crippen molar-refractivity contribution in [3.05, 3.63) is 54.9 Å². The van der Waals surface area contributed by atoms with Crippen LogP contribution in [0.1, 0.15) is 38.8 Å². The molecule has 0 N–H and O–H groups in total. The van der Waals surface area contributed by atoms with Crippen molar-refractivity contribution in [2.45, 2.75) is 27.7 Å². The Morgan fingerprint density at radius 3 is 2.19 bits per heavy atom. The Hall–Kier alpha value is -1.63. The van der Waals surface area contributed by atoms with Gasteiger partial charge in [-0.25, -0.2) is 0 Å². The first-order chi connectivity index (χ1) is 7.88. The summed E-state index contributed by atoms with van der Waals surface area (Å²) in [7, 11) is 0. The lowest BCUT2D eigenvalue weighted by molar-refractivity contribution is 1.31. The van der Waals surface area contributed by atoms with Gasteiger partial charge in [0.15, 0.2) is 0 Å². The minimum atomic E-state index is 1.06. The van der Waals surface area contributed by atoms with Crippen LogP contribution in [-0.2, 0) is 0 Å². The Balaban J connectivity index is 0. The van der Waals surface area contributed by atoms with Crippen molar-refractivity contribution in [2.24, 2.45) is 0 Å². The maximum absolute atomic E-state index is 4.01. The van der Waals surface area contributed by atoms with Gasteiger partial charge in [0.1, 0.15) is 0 Å². The molecule has 0 aliphatic rings. The number of hydrogen-bond donors (Lipinski definition) is 0. The second-order valence-electron chi connectivity index (χ2n) is 2.30. The van der Waals surface area contributed by atoms with Gasteiger partial charge in [0.25, 0.3) is 0 Å². The number of aromatic nitrogens is 1. The van der Waals surface area contributed by atoms with Crippen molar-refractivity contribution in [2.75, 3.05) is 0 Å². The van der Waals surface area contributed by atoms with Crippen LogP contribution in [0.25, 0.3) is 12.2 Å². The molecule has 0 saturated carbocycles. The Morgan fingerprint density at radius 1 is 1.06 bits per heavy atom. The molecule has 0 aromatic carbocycles. The summed E-state index contributed by atoms with van der Waals surface area (Å²) in [5.41, 5.74) is 2.15. The monoisotopic (exact) mass is 217 g/mol. The third kappa shape index (κ3) is 6.77. The molecule has 0 amide bonds. The average Bonchev–Trinajstić information content (AvgIpc) is 2.41. The first-order valence-corrected chi connectivity index (χ1v) is 5.74. The summed E-state index contributed by atoms with van der Waals surface area (Å²) in [6, 6.07) is 1.93. The highest BCUT2D eigenvalue weighted by atomic mass is 14.6. The zero-order chi connectivity index (χ0) is 12.8. The normalized spacial score (nSPS) is 8.25. The average molecular weight is 217 g/mol. The highest BCUT2D eigenvalue weighted by molar-refractivity contribution is 5.63. The van der Waals surface area contributed by atoms with Gasteiger partial charge in [0.05, 0.1) is 0 Å². The van der Waals surface area contributed by atoms with Gasteiger partial charge >= 0.3 is 0 Å². The number of hydrogen-bond acceptors (Lipinski definition) is 1. The van der Waals surface area contributed by atoms with E-state index in [9.17, 15) is 0 Å². The smallest absolute Gasteiger partial charge is 0.0346 e.